The van der Waals surface area contributed by atoms with Crippen molar-refractivity contribution in [1.82, 2.24) is 20.0 Å². The number of nitrogens with zero attached hydrogens (tertiary/aromatic N) is 4. The first-order valence-corrected chi connectivity index (χ1v) is 5.31. The second-order valence-electron chi connectivity index (χ2n) is 3.80. The van der Waals surface area contributed by atoms with Gasteiger partial charge in [-0.3, -0.25) is 0 Å². The van der Waals surface area contributed by atoms with E-state index in [4.69, 9.17) is 15.3 Å². The van der Waals surface area contributed by atoms with Gasteiger partial charge in [-0.1, -0.05) is 5.21 Å². The van der Waals surface area contributed by atoms with Crippen molar-refractivity contribution in [3.05, 3.63) is 28.7 Å². The lowest BCUT2D eigenvalue weighted by atomic mass is 10.3. The van der Waals surface area contributed by atoms with Crippen molar-refractivity contribution in [1.29, 1.82) is 0 Å². The van der Waals surface area contributed by atoms with Crippen LogP contribution in [0.15, 0.2) is 4.42 Å². The number of carboxylic acids is 1. The van der Waals surface area contributed by atoms with Crippen LogP contribution in [0.4, 0.5) is 0 Å². The number of hydrogen-bond donors (Lipinski definition) is 2. The van der Waals surface area contributed by atoms with Crippen LogP contribution >= 0.6 is 0 Å². The molecule has 0 saturated carbocycles. The Labute approximate surface area is 102 Å². The Morgan fingerprint density at radius 2 is 2.22 bits per heavy atom. The maximum absolute atomic E-state index is 10.9. The molecule has 0 aliphatic heterocycles. The number of hydrogen-bond acceptors (Lipinski definition) is 6. The number of aromatic nitrogens is 4. The van der Waals surface area contributed by atoms with E-state index >= 15 is 0 Å². The number of rotatable bonds is 4. The average molecular weight is 251 g/mol. The molecule has 2 heterocycles. The van der Waals surface area contributed by atoms with Gasteiger partial charge in [0.25, 0.3) is 0 Å². The van der Waals surface area contributed by atoms with Crippen molar-refractivity contribution in [3.63, 3.8) is 0 Å². The first-order valence-electron chi connectivity index (χ1n) is 5.31. The minimum Gasteiger partial charge on any atom is -0.476 e. The van der Waals surface area contributed by atoms with Gasteiger partial charge in [-0.15, -0.1) is 5.10 Å². The molecule has 0 fully saturated rings. The third kappa shape index (κ3) is 2.09. The molecule has 0 unspecified atom stereocenters. The number of carboxylic acid groups (broad SMARTS) is 1. The third-order valence-corrected chi connectivity index (χ3v) is 2.59. The van der Waals surface area contributed by atoms with Gasteiger partial charge in [0.2, 0.25) is 5.89 Å². The van der Waals surface area contributed by atoms with Gasteiger partial charge in [-0.25, -0.2) is 14.5 Å². The lowest BCUT2D eigenvalue weighted by Crippen LogP contribution is -2.13. The molecule has 0 aliphatic rings. The summed E-state index contributed by atoms with van der Waals surface area (Å²) in [5.41, 5.74) is 6.50. The smallest absolute Gasteiger partial charge is 0.358 e. The lowest BCUT2D eigenvalue weighted by molar-refractivity contribution is 0.0689. The number of aromatic carboxylic acids is 1. The Morgan fingerprint density at radius 3 is 2.72 bits per heavy atom. The second kappa shape index (κ2) is 4.57. The van der Waals surface area contributed by atoms with E-state index in [0.29, 0.717) is 11.6 Å². The highest BCUT2D eigenvalue weighted by molar-refractivity contribution is 5.86. The molecule has 2 rings (SSSR count). The molecule has 0 radical (unpaired) electrons. The van der Waals surface area contributed by atoms with E-state index in [1.54, 1.807) is 6.92 Å². The van der Waals surface area contributed by atoms with Gasteiger partial charge in [0.1, 0.15) is 12.3 Å². The van der Waals surface area contributed by atoms with E-state index in [1.165, 1.54) is 4.68 Å². The summed E-state index contributed by atoms with van der Waals surface area (Å²) in [7, 11) is 0. The Bertz CT molecular complexity index is 567. The Kier molecular flexibility index (Phi) is 3.11. The van der Waals surface area contributed by atoms with Gasteiger partial charge in [0.05, 0.1) is 11.4 Å². The molecule has 0 bridgehead atoms. The molecule has 0 aromatic carbocycles. The fourth-order valence-electron chi connectivity index (χ4n) is 1.56. The summed E-state index contributed by atoms with van der Waals surface area (Å²) in [6.45, 7) is 3.88. The summed E-state index contributed by atoms with van der Waals surface area (Å²) in [5, 5.41) is 16.2. The zero-order valence-electron chi connectivity index (χ0n) is 10.0. The normalized spacial score (nSPS) is 10.8. The monoisotopic (exact) mass is 251 g/mol. The number of oxazole rings is 1. The van der Waals surface area contributed by atoms with Crippen molar-refractivity contribution >= 4 is 5.97 Å². The summed E-state index contributed by atoms with van der Waals surface area (Å²) in [5.74, 6) is 0.0147. The topological polar surface area (TPSA) is 120 Å². The van der Waals surface area contributed by atoms with E-state index in [1.807, 2.05) is 6.92 Å². The molecule has 2 aromatic rings. The minimum atomic E-state index is -1.15. The summed E-state index contributed by atoms with van der Waals surface area (Å²) >= 11 is 0. The van der Waals surface area contributed by atoms with E-state index in [0.717, 1.165) is 11.5 Å². The fourth-order valence-corrected chi connectivity index (χ4v) is 1.56. The van der Waals surface area contributed by atoms with Crippen molar-refractivity contribution < 1.29 is 14.3 Å². The van der Waals surface area contributed by atoms with Gasteiger partial charge < -0.3 is 15.3 Å². The molecule has 0 aliphatic carbocycles. The highest BCUT2D eigenvalue weighted by Gasteiger charge is 2.19. The standard InChI is InChI=1S/C10H13N5O3/c1-5-6(2)18-8(12-5)4-15-7(3-11)9(10(16)17)13-14-15/h3-4,11H2,1-2H3,(H,16,17). The maximum atomic E-state index is 10.9. The van der Waals surface area contributed by atoms with Crippen LogP contribution in [0.2, 0.25) is 0 Å². The molecule has 18 heavy (non-hydrogen) atoms. The summed E-state index contributed by atoms with van der Waals surface area (Å²) in [4.78, 5) is 15.1. The quantitative estimate of drug-likeness (QED) is 0.789. The minimum absolute atomic E-state index is 0.0350. The molecule has 0 atom stereocenters. The molecule has 0 amide bonds. The molecular weight excluding hydrogens is 238 g/mol. The van der Waals surface area contributed by atoms with E-state index in [9.17, 15) is 4.79 Å². The highest BCUT2D eigenvalue weighted by Crippen LogP contribution is 2.11. The zero-order chi connectivity index (χ0) is 13.3. The first-order chi connectivity index (χ1) is 8.52. The molecule has 0 saturated heterocycles. The Balaban J connectivity index is 2.31. The van der Waals surface area contributed by atoms with Crippen LogP contribution in [-0.2, 0) is 13.1 Å². The van der Waals surface area contributed by atoms with E-state index < -0.39 is 5.97 Å². The van der Waals surface area contributed by atoms with E-state index in [2.05, 4.69) is 15.3 Å². The lowest BCUT2D eigenvalue weighted by Gasteiger charge is -2.01. The van der Waals surface area contributed by atoms with Crippen molar-refractivity contribution in [2.75, 3.05) is 0 Å². The van der Waals surface area contributed by atoms with Crippen LogP contribution in [0.3, 0.4) is 0 Å². The fraction of sp³-hybridized carbons (Fsp3) is 0.400. The van der Waals surface area contributed by atoms with Gasteiger partial charge in [-0.2, -0.15) is 0 Å². The molecule has 8 heteroatoms. The molecule has 2 aromatic heterocycles. The van der Waals surface area contributed by atoms with E-state index in [-0.39, 0.29) is 18.8 Å². The number of aryl methyl sites for hydroxylation is 2. The van der Waals surface area contributed by atoms with Crippen LogP contribution < -0.4 is 5.73 Å². The molecule has 3 N–H and O–H groups in total. The van der Waals surface area contributed by atoms with Crippen molar-refractivity contribution in [3.8, 4) is 0 Å². The van der Waals surface area contributed by atoms with Crippen molar-refractivity contribution in [2.24, 2.45) is 5.73 Å². The van der Waals surface area contributed by atoms with Crippen molar-refractivity contribution in [2.45, 2.75) is 26.9 Å². The Morgan fingerprint density at radius 1 is 1.50 bits per heavy atom. The molecule has 96 valence electrons. The summed E-state index contributed by atoms with van der Waals surface area (Å²) in [6.07, 6.45) is 0. The van der Waals surface area contributed by atoms with Gasteiger partial charge in [0, 0.05) is 6.54 Å². The van der Waals surface area contributed by atoms with Gasteiger partial charge in [0.15, 0.2) is 5.69 Å². The average Bonchev–Trinajstić information content (AvgIpc) is 2.84. The third-order valence-electron chi connectivity index (χ3n) is 2.59. The van der Waals surface area contributed by atoms with Crippen LogP contribution in [0.25, 0.3) is 0 Å². The van der Waals surface area contributed by atoms with Crippen LogP contribution in [0.1, 0.15) is 33.5 Å². The summed E-state index contributed by atoms with van der Waals surface area (Å²) in [6, 6.07) is 0. The predicted octanol–water partition coefficient (Wildman–Crippen LogP) is 0.0881. The van der Waals surface area contributed by atoms with Crippen LogP contribution in [-0.4, -0.2) is 31.1 Å². The SMILES string of the molecule is Cc1nc(Cn2nnc(C(=O)O)c2CN)oc1C. The largest absolute Gasteiger partial charge is 0.476 e. The van der Waals surface area contributed by atoms with Gasteiger partial charge in [-0.05, 0) is 13.8 Å². The summed E-state index contributed by atoms with van der Waals surface area (Å²) < 4.78 is 6.78. The van der Waals surface area contributed by atoms with Gasteiger partial charge >= 0.3 is 5.97 Å². The predicted molar refractivity (Wildman–Crippen MR) is 60.0 cm³/mol. The van der Waals surface area contributed by atoms with Crippen LogP contribution in [0.5, 0.6) is 0 Å². The molecular formula is C10H13N5O3. The number of carbonyl (C=O) groups is 1. The van der Waals surface area contributed by atoms with Crippen LogP contribution in [0, 0.1) is 13.8 Å². The maximum Gasteiger partial charge on any atom is 0.358 e. The molecule has 8 nitrogen and oxygen atoms in total. The number of nitrogens with two attached hydrogens (primary N) is 1. The highest BCUT2D eigenvalue weighted by atomic mass is 16.4. The first kappa shape index (κ1) is 12.2. The molecule has 0 spiro atoms. The second-order valence-corrected chi connectivity index (χ2v) is 3.80. The Hall–Kier alpha value is -2.22. The zero-order valence-corrected chi connectivity index (χ0v) is 10.0.